The first-order chi connectivity index (χ1) is 16.2. The van der Waals surface area contributed by atoms with Crippen molar-refractivity contribution in [2.45, 2.75) is 37.6 Å². The van der Waals surface area contributed by atoms with Crippen molar-refractivity contribution in [1.29, 1.82) is 0 Å². The van der Waals surface area contributed by atoms with Gasteiger partial charge in [-0.1, -0.05) is 18.2 Å². The van der Waals surface area contributed by atoms with Crippen LogP contribution in [0.1, 0.15) is 18.9 Å². The molecule has 4 rings (SSSR count). The van der Waals surface area contributed by atoms with Crippen molar-refractivity contribution >= 4 is 29.0 Å². The van der Waals surface area contributed by atoms with Crippen molar-refractivity contribution in [3.8, 4) is 0 Å². The first-order valence-corrected chi connectivity index (χ1v) is 10.9. The molecule has 2 fully saturated rings. The number of aliphatic hydroxyl groups is 1. The standard InChI is InChI=1S/C24H25N3O7/c1-15(28)21-19-12-20(29)24(26(19)22(21)30,14-25(2)17-6-4-3-5-7-17)23(31)34-13-16-8-10-18(11-9-16)27(32)33/h3-11,15,19,21,28H,12-14H2,1-2H3/t15-,19-,21-,24+/m1/s1. The number of esters is 1. The smallest absolute Gasteiger partial charge is 0.342 e. The molecule has 1 amide bonds. The number of ketones is 1. The quantitative estimate of drug-likeness (QED) is 0.204. The van der Waals surface area contributed by atoms with Gasteiger partial charge < -0.3 is 19.6 Å². The van der Waals surface area contributed by atoms with Gasteiger partial charge in [-0.25, -0.2) is 4.79 Å². The molecule has 0 unspecified atom stereocenters. The average Bonchev–Trinajstić information content (AvgIpc) is 3.06. The van der Waals surface area contributed by atoms with E-state index in [0.717, 1.165) is 5.69 Å². The Hall–Kier alpha value is -3.79. The lowest BCUT2D eigenvalue weighted by Crippen LogP contribution is -2.73. The van der Waals surface area contributed by atoms with E-state index in [2.05, 4.69) is 0 Å². The minimum atomic E-state index is -1.85. The molecule has 2 aliphatic heterocycles. The lowest BCUT2D eigenvalue weighted by molar-refractivity contribution is -0.384. The van der Waals surface area contributed by atoms with Gasteiger partial charge in [0.05, 0.1) is 29.5 Å². The van der Waals surface area contributed by atoms with Crippen LogP contribution in [0.25, 0.3) is 0 Å². The number of non-ortho nitro benzene ring substituents is 1. The first kappa shape index (κ1) is 23.4. The molecule has 0 radical (unpaired) electrons. The lowest BCUT2D eigenvalue weighted by atomic mass is 9.83. The third kappa shape index (κ3) is 3.79. The number of nitrogens with zero attached hydrogens (tertiary/aromatic N) is 3. The maximum Gasteiger partial charge on any atom is 0.342 e. The third-order valence-corrected chi connectivity index (χ3v) is 6.57. The van der Waals surface area contributed by atoms with E-state index in [1.165, 1.54) is 36.1 Å². The molecule has 0 spiro atoms. The fourth-order valence-electron chi connectivity index (χ4n) is 4.82. The number of hydrogen-bond acceptors (Lipinski definition) is 8. The highest BCUT2D eigenvalue weighted by molar-refractivity contribution is 6.16. The topological polar surface area (TPSA) is 130 Å². The zero-order valence-electron chi connectivity index (χ0n) is 18.8. The number of carbonyl (C=O) groups is 3. The summed E-state index contributed by atoms with van der Waals surface area (Å²) < 4.78 is 5.51. The van der Waals surface area contributed by atoms with Gasteiger partial charge in [0.25, 0.3) is 5.69 Å². The van der Waals surface area contributed by atoms with E-state index in [1.807, 2.05) is 30.3 Å². The second-order valence-electron chi connectivity index (χ2n) is 8.72. The molecule has 2 saturated heterocycles. The van der Waals surface area contributed by atoms with Gasteiger partial charge >= 0.3 is 5.97 Å². The molecule has 0 aromatic heterocycles. The van der Waals surface area contributed by atoms with Crippen LogP contribution in [-0.2, 0) is 25.7 Å². The molecule has 4 atom stereocenters. The number of aliphatic hydroxyl groups excluding tert-OH is 1. The number of carbonyl (C=O) groups excluding carboxylic acids is 3. The SMILES string of the molecule is C[C@@H](O)[C@H]1C(=O)N2[C@@H]1CC(=O)[C@@]2(CN(C)c1ccccc1)C(=O)OCc1ccc([N+](=O)[O-])cc1. The Balaban J connectivity index is 1.61. The molecule has 0 bridgehead atoms. The molecular weight excluding hydrogens is 442 g/mol. The maximum atomic E-state index is 13.5. The summed E-state index contributed by atoms with van der Waals surface area (Å²) in [6, 6.07) is 14.1. The van der Waals surface area contributed by atoms with Crippen LogP contribution in [0.15, 0.2) is 54.6 Å². The number of nitro groups is 1. The Labute approximate surface area is 195 Å². The fraction of sp³-hybridized carbons (Fsp3) is 0.375. The summed E-state index contributed by atoms with van der Waals surface area (Å²) >= 11 is 0. The number of amides is 1. The number of Topliss-reactive ketones (excluding diaryl/α,β-unsaturated/α-hetero) is 1. The number of likely N-dealkylation sites (N-methyl/N-ethyl adjacent to an activating group) is 1. The molecular formula is C24H25N3O7. The second kappa shape index (κ2) is 8.86. The first-order valence-electron chi connectivity index (χ1n) is 10.9. The molecule has 0 aliphatic carbocycles. The summed E-state index contributed by atoms with van der Waals surface area (Å²) in [5, 5.41) is 20.9. The number of benzene rings is 2. The Kier molecular flexibility index (Phi) is 6.09. The summed E-state index contributed by atoms with van der Waals surface area (Å²) in [5.74, 6) is -2.50. The van der Waals surface area contributed by atoms with Gasteiger partial charge in [0.15, 0.2) is 5.78 Å². The van der Waals surface area contributed by atoms with E-state index in [1.54, 1.807) is 11.9 Å². The minimum Gasteiger partial charge on any atom is -0.459 e. The number of nitro benzene ring substituents is 1. The summed E-state index contributed by atoms with van der Waals surface area (Å²) in [5.41, 5.74) is -0.691. The van der Waals surface area contributed by atoms with E-state index < -0.39 is 46.2 Å². The fourth-order valence-corrected chi connectivity index (χ4v) is 4.82. The number of β-lactam (4-membered cyclic amide) rings is 1. The normalized spacial score (nSPS) is 24.3. The van der Waals surface area contributed by atoms with Gasteiger partial charge in [0, 0.05) is 31.3 Å². The van der Waals surface area contributed by atoms with Gasteiger partial charge in [-0.15, -0.1) is 0 Å². The monoisotopic (exact) mass is 467 g/mol. The van der Waals surface area contributed by atoms with Crippen LogP contribution in [0, 0.1) is 16.0 Å². The number of anilines is 1. The number of rotatable bonds is 8. The van der Waals surface area contributed by atoms with Gasteiger partial charge in [-0.05, 0) is 36.8 Å². The molecule has 2 aromatic rings. The van der Waals surface area contributed by atoms with Crippen molar-refractivity contribution in [1.82, 2.24) is 4.90 Å². The van der Waals surface area contributed by atoms with Crippen LogP contribution in [0.3, 0.4) is 0 Å². The van der Waals surface area contributed by atoms with E-state index >= 15 is 0 Å². The maximum absolute atomic E-state index is 13.5. The van der Waals surface area contributed by atoms with E-state index in [0.29, 0.717) is 5.56 Å². The van der Waals surface area contributed by atoms with Gasteiger partial charge in [-0.2, -0.15) is 0 Å². The van der Waals surface area contributed by atoms with Crippen molar-refractivity contribution in [3.05, 3.63) is 70.3 Å². The minimum absolute atomic E-state index is 0.0451. The van der Waals surface area contributed by atoms with Crippen molar-refractivity contribution in [2.75, 3.05) is 18.5 Å². The van der Waals surface area contributed by atoms with Gasteiger partial charge in [-0.3, -0.25) is 19.7 Å². The molecule has 1 N–H and O–H groups in total. The van der Waals surface area contributed by atoms with Crippen LogP contribution >= 0.6 is 0 Å². The number of hydrogen-bond donors (Lipinski definition) is 1. The number of para-hydroxylation sites is 1. The molecule has 10 nitrogen and oxygen atoms in total. The molecule has 2 aliphatic rings. The summed E-state index contributed by atoms with van der Waals surface area (Å²) in [7, 11) is 1.72. The predicted octanol–water partition coefficient (Wildman–Crippen LogP) is 1.69. The molecule has 34 heavy (non-hydrogen) atoms. The predicted molar refractivity (Wildman–Crippen MR) is 121 cm³/mol. The molecule has 10 heteroatoms. The summed E-state index contributed by atoms with van der Waals surface area (Å²) in [4.78, 5) is 53.1. The second-order valence-corrected chi connectivity index (χ2v) is 8.72. The van der Waals surface area contributed by atoms with Crippen LogP contribution < -0.4 is 4.90 Å². The summed E-state index contributed by atoms with van der Waals surface area (Å²) in [6.07, 6.45) is -0.989. The molecule has 2 aromatic carbocycles. The zero-order chi connectivity index (χ0) is 24.6. The highest BCUT2D eigenvalue weighted by Gasteiger charge is 2.70. The van der Waals surface area contributed by atoms with Crippen molar-refractivity contribution in [3.63, 3.8) is 0 Å². The average molecular weight is 467 g/mol. The largest absolute Gasteiger partial charge is 0.459 e. The van der Waals surface area contributed by atoms with Crippen LogP contribution in [0.5, 0.6) is 0 Å². The van der Waals surface area contributed by atoms with Crippen LogP contribution in [-0.4, -0.2) is 63.9 Å². The lowest BCUT2D eigenvalue weighted by Gasteiger charge is -2.50. The van der Waals surface area contributed by atoms with E-state index in [4.69, 9.17) is 4.74 Å². The van der Waals surface area contributed by atoms with Gasteiger partial charge in [0.1, 0.15) is 6.61 Å². The Morgan fingerprint density at radius 2 is 1.88 bits per heavy atom. The Morgan fingerprint density at radius 1 is 1.24 bits per heavy atom. The molecule has 2 heterocycles. The summed E-state index contributed by atoms with van der Waals surface area (Å²) in [6.45, 7) is 1.17. The Morgan fingerprint density at radius 3 is 2.47 bits per heavy atom. The van der Waals surface area contributed by atoms with E-state index in [9.17, 15) is 29.6 Å². The zero-order valence-corrected chi connectivity index (χ0v) is 18.8. The third-order valence-electron chi connectivity index (χ3n) is 6.57. The van der Waals surface area contributed by atoms with Crippen LogP contribution in [0.4, 0.5) is 11.4 Å². The van der Waals surface area contributed by atoms with Gasteiger partial charge in [0.2, 0.25) is 11.4 Å². The van der Waals surface area contributed by atoms with E-state index in [-0.39, 0.29) is 25.3 Å². The highest BCUT2D eigenvalue weighted by Crippen LogP contribution is 2.46. The molecule has 0 saturated carbocycles. The number of fused-ring (bicyclic) bond motifs is 1. The highest BCUT2D eigenvalue weighted by atomic mass is 16.6. The molecule has 178 valence electrons. The number of ether oxygens (including phenoxy) is 1. The van der Waals surface area contributed by atoms with Crippen molar-refractivity contribution in [2.24, 2.45) is 5.92 Å². The van der Waals surface area contributed by atoms with Crippen molar-refractivity contribution < 1.29 is 29.2 Å². The Bertz CT molecular complexity index is 1120. The van der Waals surface area contributed by atoms with Crippen LogP contribution in [0.2, 0.25) is 0 Å².